The highest BCUT2D eigenvalue weighted by Crippen LogP contribution is 2.19. The summed E-state index contributed by atoms with van der Waals surface area (Å²) in [5.41, 5.74) is 0.423. The minimum Gasteiger partial charge on any atom is -0.368 e. The van der Waals surface area contributed by atoms with Crippen molar-refractivity contribution in [2.24, 2.45) is 0 Å². The van der Waals surface area contributed by atoms with Crippen LogP contribution >= 0.6 is 15.9 Å². The van der Waals surface area contributed by atoms with Crippen LogP contribution in [0.3, 0.4) is 0 Å². The van der Waals surface area contributed by atoms with Gasteiger partial charge < -0.3 is 5.32 Å². The molecule has 1 heterocycles. The summed E-state index contributed by atoms with van der Waals surface area (Å²) in [6.07, 6.45) is 1.49. The normalized spacial score (nSPS) is 11.4. The van der Waals surface area contributed by atoms with E-state index in [4.69, 9.17) is 0 Å². The number of halogens is 1. The molecule has 0 bridgehead atoms. The monoisotopic (exact) mass is 369 g/mol. The minimum atomic E-state index is -3.60. The number of rotatable bonds is 5. The highest BCUT2D eigenvalue weighted by molar-refractivity contribution is 9.10. The van der Waals surface area contributed by atoms with Gasteiger partial charge >= 0.3 is 0 Å². The molecule has 0 radical (unpaired) electrons. The number of anilines is 2. The van der Waals surface area contributed by atoms with Crippen molar-refractivity contribution in [2.75, 3.05) is 10.0 Å². The zero-order chi connectivity index (χ0) is 15.5. The van der Waals surface area contributed by atoms with E-state index < -0.39 is 10.0 Å². The van der Waals surface area contributed by atoms with E-state index >= 15 is 0 Å². The fraction of sp³-hybridized carbons (Fsp3) is 0.214. The van der Waals surface area contributed by atoms with Crippen molar-refractivity contribution >= 4 is 37.5 Å². The third-order valence-corrected chi connectivity index (χ3v) is 4.50. The molecule has 0 spiro atoms. The molecule has 0 unspecified atom stereocenters. The van der Waals surface area contributed by atoms with Crippen LogP contribution in [0.2, 0.25) is 0 Å². The van der Waals surface area contributed by atoms with Gasteiger partial charge in [0, 0.05) is 10.5 Å². The lowest BCUT2D eigenvalue weighted by Gasteiger charge is -2.11. The van der Waals surface area contributed by atoms with Gasteiger partial charge in [0.2, 0.25) is 0 Å². The van der Waals surface area contributed by atoms with Crippen molar-refractivity contribution in [3.05, 3.63) is 47.1 Å². The highest BCUT2D eigenvalue weighted by atomic mass is 79.9. The van der Waals surface area contributed by atoms with Gasteiger partial charge in [-0.15, -0.1) is 0 Å². The van der Waals surface area contributed by atoms with Crippen molar-refractivity contribution in [1.29, 1.82) is 0 Å². The summed E-state index contributed by atoms with van der Waals surface area (Å²) in [4.78, 5) is 4.37. The molecule has 1 aromatic heterocycles. The molecule has 0 aliphatic rings. The van der Waals surface area contributed by atoms with E-state index in [-0.39, 0.29) is 10.9 Å². The zero-order valence-electron chi connectivity index (χ0n) is 11.7. The molecule has 112 valence electrons. The van der Waals surface area contributed by atoms with Gasteiger partial charge in [0.25, 0.3) is 10.0 Å². The number of hydrogen-bond acceptors (Lipinski definition) is 4. The maximum absolute atomic E-state index is 12.2. The summed E-state index contributed by atoms with van der Waals surface area (Å²) in [6, 6.07) is 10.1. The van der Waals surface area contributed by atoms with E-state index in [2.05, 4.69) is 31.0 Å². The first-order valence-corrected chi connectivity index (χ1v) is 8.65. The third-order valence-electron chi connectivity index (χ3n) is 2.58. The molecule has 0 atom stereocenters. The maximum atomic E-state index is 12.2. The van der Waals surface area contributed by atoms with Crippen LogP contribution in [0.4, 0.5) is 11.5 Å². The molecule has 0 saturated carbocycles. The van der Waals surface area contributed by atoms with Crippen molar-refractivity contribution in [3.8, 4) is 0 Å². The standard InChI is InChI=1S/C14H16BrN3O2S/c1-10(2)17-14-8-5-12(9-16-14)18-21(19,20)13-6-3-11(15)4-7-13/h3-10,18H,1-2H3,(H,16,17). The van der Waals surface area contributed by atoms with Crippen LogP contribution in [0, 0.1) is 0 Å². The van der Waals surface area contributed by atoms with Gasteiger partial charge in [0.1, 0.15) is 5.82 Å². The molecule has 0 saturated heterocycles. The first kappa shape index (κ1) is 15.8. The number of benzene rings is 1. The van der Waals surface area contributed by atoms with Crippen molar-refractivity contribution < 1.29 is 8.42 Å². The number of sulfonamides is 1. The summed E-state index contributed by atoms with van der Waals surface area (Å²) in [5, 5.41) is 3.14. The predicted molar refractivity (Wildman–Crippen MR) is 87.9 cm³/mol. The second-order valence-corrected chi connectivity index (χ2v) is 7.39. The highest BCUT2D eigenvalue weighted by Gasteiger charge is 2.14. The molecule has 7 heteroatoms. The quantitative estimate of drug-likeness (QED) is 0.846. The molecule has 0 aliphatic heterocycles. The Morgan fingerprint density at radius 1 is 1.10 bits per heavy atom. The van der Waals surface area contributed by atoms with Gasteiger partial charge in [-0.1, -0.05) is 15.9 Å². The molecule has 2 rings (SSSR count). The average Bonchev–Trinajstić information content (AvgIpc) is 2.40. The van der Waals surface area contributed by atoms with Crippen LogP contribution in [-0.4, -0.2) is 19.4 Å². The van der Waals surface area contributed by atoms with Crippen molar-refractivity contribution in [3.63, 3.8) is 0 Å². The van der Waals surface area contributed by atoms with Gasteiger partial charge in [-0.05, 0) is 50.2 Å². The summed E-state index contributed by atoms with van der Waals surface area (Å²) in [5.74, 6) is 0.705. The van der Waals surface area contributed by atoms with Crippen molar-refractivity contribution in [2.45, 2.75) is 24.8 Å². The van der Waals surface area contributed by atoms with E-state index in [1.54, 1.807) is 24.3 Å². The minimum absolute atomic E-state index is 0.204. The Kier molecular flexibility index (Phi) is 4.84. The largest absolute Gasteiger partial charge is 0.368 e. The average molecular weight is 370 g/mol. The van der Waals surface area contributed by atoms with E-state index in [9.17, 15) is 8.42 Å². The van der Waals surface area contributed by atoms with Crippen molar-refractivity contribution in [1.82, 2.24) is 4.98 Å². The second kappa shape index (κ2) is 6.44. The fourth-order valence-corrected chi connectivity index (χ4v) is 2.97. The Balaban J connectivity index is 2.15. The smallest absolute Gasteiger partial charge is 0.261 e. The topological polar surface area (TPSA) is 71.1 Å². The molecule has 0 fully saturated rings. The zero-order valence-corrected chi connectivity index (χ0v) is 14.1. The summed E-state index contributed by atoms with van der Waals surface area (Å²) < 4.78 is 27.7. The Morgan fingerprint density at radius 2 is 1.76 bits per heavy atom. The Labute approximate surface area is 133 Å². The van der Waals surface area contributed by atoms with E-state index in [1.807, 2.05) is 13.8 Å². The SMILES string of the molecule is CC(C)Nc1ccc(NS(=O)(=O)c2ccc(Br)cc2)cn1. The summed E-state index contributed by atoms with van der Waals surface area (Å²) >= 11 is 3.27. The Bertz CT molecular complexity index is 698. The molecule has 1 aromatic carbocycles. The van der Waals surface area contributed by atoms with E-state index in [1.165, 1.54) is 18.3 Å². The first-order chi connectivity index (χ1) is 9.87. The molecular formula is C14H16BrN3O2S. The molecular weight excluding hydrogens is 354 g/mol. The number of pyridine rings is 1. The van der Waals surface area contributed by atoms with E-state index in [0.717, 1.165) is 4.47 Å². The van der Waals surface area contributed by atoms with Gasteiger partial charge in [0.05, 0.1) is 16.8 Å². The Hall–Kier alpha value is -1.60. The van der Waals surface area contributed by atoms with Gasteiger partial charge in [-0.2, -0.15) is 0 Å². The molecule has 0 aliphatic carbocycles. The van der Waals surface area contributed by atoms with E-state index in [0.29, 0.717) is 11.5 Å². The summed E-state index contributed by atoms with van der Waals surface area (Å²) in [7, 11) is -3.60. The summed E-state index contributed by atoms with van der Waals surface area (Å²) in [6.45, 7) is 4.01. The molecule has 5 nitrogen and oxygen atoms in total. The lowest BCUT2D eigenvalue weighted by molar-refractivity contribution is 0.601. The molecule has 2 N–H and O–H groups in total. The number of aromatic nitrogens is 1. The van der Waals surface area contributed by atoms with Gasteiger partial charge in [-0.3, -0.25) is 4.72 Å². The fourth-order valence-electron chi connectivity index (χ4n) is 1.66. The van der Waals surface area contributed by atoms with Crippen LogP contribution in [0.5, 0.6) is 0 Å². The predicted octanol–water partition coefficient (Wildman–Crippen LogP) is 3.47. The lowest BCUT2D eigenvalue weighted by Crippen LogP contribution is -2.14. The van der Waals surface area contributed by atoms with Gasteiger partial charge in [-0.25, -0.2) is 13.4 Å². The van der Waals surface area contributed by atoms with Crippen LogP contribution in [0.15, 0.2) is 52.0 Å². The van der Waals surface area contributed by atoms with Crippen LogP contribution < -0.4 is 10.0 Å². The number of nitrogens with zero attached hydrogens (tertiary/aromatic N) is 1. The lowest BCUT2D eigenvalue weighted by atomic mass is 10.3. The molecule has 21 heavy (non-hydrogen) atoms. The number of nitrogens with one attached hydrogen (secondary N) is 2. The second-order valence-electron chi connectivity index (χ2n) is 4.79. The van der Waals surface area contributed by atoms with Gasteiger partial charge in [0.15, 0.2) is 0 Å². The van der Waals surface area contributed by atoms with Crippen LogP contribution in [0.1, 0.15) is 13.8 Å². The first-order valence-electron chi connectivity index (χ1n) is 6.38. The molecule has 2 aromatic rings. The van der Waals surface area contributed by atoms with Crippen LogP contribution in [0.25, 0.3) is 0 Å². The third kappa shape index (κ3) is 4.44. The molecule has 0 amide bonds. The maximum Gasteiger partial charge on any atom is 0.261 e. The van der Waals surface area contributed by atoms with Crippen LogP contribution in [-0.2, 0) is 10.0 Å². The number of hydrogen-bond donors (Lipinski definition) is 2. The Morgan fingerprint density at radius 3 is 2.29 bits per heavy atom.